The Hall–Kier alpha value is -3.41. The fourth-order valence-corrected chi connectivity index (χ4v) is 3.11. The minimum absolute atomic E-state index is 0.144. The molecule has 150 valence electrons. The van der Waals surface area contributed by atoms with Crippen LogP contribution in [0.5, 0.6) is 0 Å². The van der Waals surface area contributed by atoms with Crippen LogP contribution in [-0.2, 0) is 0 Å². The molecule has 3 aromatic rings. The Balaban J connectivity index is 1.86. The van der Waals surface area contributed by atoms with Crippen molar-refractivity contribution in [1.82, 2.24) is 9.97 Å². The van der Waals surface area contributed by atoms with Gasteiger partial charge in [0, 0.05) is 43.8 Å². The van der Waals surface area contributed by atoms with E-state index in [9.17, 15) is 4.79 Å². The number of rotatable bonds is 6. The minimum atomic E-state index is -0.144. The van der Waals surface area contributed by atoms with Crippen LogP contribution in [0.2, 0.25) is 0 Å². The molecule has 0 bridgehead atoms. The predicted octanol–water partition coefficient (Wildman–Crippen LogP) is 4.57. The summed E-state index contributed by atoms with van der Waals surface area (Å²) in [6.45, 7) is 6.32. The summed E-state index contributed by atoms with van der Waals surface area (Å²) in [5.74, 6) is 0.997. The Morgan fingerprint density at radius 1 is 0.966 bits per heavy atom. The van der Waals surface area contributed by atoms with Crippen LogP contribution < -0.4 is 15.1 Å². The fourth-order valence-electron chi connectivity index (χ4n) is 3.11. The van der Waals surface area contributed by atoms with E-state index < -0.39 is 0 Å². The standard InChI is InChI=1S/C23H27N5O/c1-6-28(20-9-7-8-16(2)14-20)23(29)21-15-22(25-17(3)24-21)26-18-10-12-19(13-11-18)27(4)5/h7-15H,6H2,1-5H3,(H,24,25,26). The van der Waals surface area contributed by atoms with E-state index in [1.54, 1.807) is 17.9 Å². The van der Waals surface area contributed by atoms with E-state index in [0.29, 0.717) is 23.9 Å². The van der Waals surface area contributed by atoms with Gasteiger partial charge in [-0.15, -0.1) is 0 Å². The molecular formula is C23H27N5O. The molecule has 3 rings (SSSR count). The van der Waals surface area contributed by atoms with Crippen LogP contribution in [0.1, 0.15) is 28.8 Å². The van der Waals surface area contributed by atoms with Crippen molar-refractivity contribution < 1.29 is 4.79 Å². The second kappa shape index (κ2) is 8.73. The number of carbonyl (C=O) groups is 1. The van der Waals surface area contributed by atoms with E-state index in [-0.39, 0.29) is 5.91 Å². The lowest BCUT2D eigenvalue weighted by Crippen LogP contribution is -2.31. The van der Waals surface area contributed by atoms with E-state index in [2.05, 4.69) is 15.3 Å². The van der Waals surface area contributed by atoms with Crippen LogP contribution >= 0.6 is 0 Å². The lowest BCUT2D eigenvalue weighted by Gasteiger charge is -2.21. The highest BCUT2D eigenvalue weighted by atomic mass is 16.2. The van der Waals surface area contributed by atoms with Gasteiger partial charge < -0.3 is 15.1 Å². The van der Waals surface area contributed by atoms with Crippen LogP contribution in [0.25, 0.3) is 0 Å². The maximum Gasteiger partial charge on any atom is 0.277 e. The summed E-state index contributed by atoms with van der Waals surface area (Å²) in [7, 11) is 4.00. The first-order valence-corrected chi connectivity index (χ1v) is 9.66. The third kappa shape index (κ3) is 4.90. The Labute approximate surface area is 172 Å². The lowest BCUT2D eigenvalue weighted by molar-refractivity contribution is 0.0983. The van der Waals surface area contributed by atoms with Gasteiger partial charge in [0.05, 0.1) is 0 Å². The maximum absolute atomic E-state index is 13.2. The van der Waals surface area contributed by atoms with Gasteiger partial charge in [-0.25, -0.2) is 9.97 Å². The first-order valence-electron chi connectivity index (χ1n) is 9.66. The number of nitrogens with one attached hydrogen (secondary N) is 1. The minimum Gasteiger partial charge on any atom is -0.378 e. The summed E-state index contributed by atoms with van der Waals surface area (Å²) >= 11 is 0. The first kappa shape index (κ1) is 20.3. The molecule has 0 unspecified atom stereocenters. The van der Waals surface area contributed by atoms with Gasteiger partial charge in [-0.3, -0.25) is 4.79 Å². The molecule has 0 saturated carbocycles. The van der Waals surface area contributed by atoms with Gasteiger partial charge in [0.1, 0.15) is 17.3 Å². The molecule has 6 nitrogen and oxygen atoms in total. The first-order chi connectivity index (χ1) is 13.9. The number of benzene rings is 2. The van der Waals surface area contributed by atoms with Crippen molar-refractivity contribution >= 4 is 28.8 Å². The third-order valence-corrected chi connectivity index (χ3v) is 4.59. The largest absolute Gasteiger partial charge is 0.378 e. The number of aryl methyl sites for hydroxylation is 2. The number of carbonyl (C=O) groups excluding carboxylic acids is 1. The molecule has 1 N–H and O–H groups in total. The van der Waals surface area contributed by atoms with E-state index in [4.69, 9.17) is 0 Å². The van der Waals surface area contributed by atoms with Gasteiger partial charge in [0.15, 0.2) is 0 Å². The molecule has 1 amide bonds. The van der Waals surface area contributed by atoms with Gasteiger partial charge in [-0.1, -0.05) is 12.1 Å². The Bertz CT molecular complexity index is 998. The molecule has 0 radical (unpaired) electrons. The smallest absolute Gasteiger partial charge is 0.277 e. The van der Waals surface area contributed by atoms with Crippen LogP contribution in [0.4, 0.5) is 22.9 Å². The summed E-state index contributed by atoms with van der Waals surface area (Å²) in [6.07, 6.45) is 0. The zero-order valence-electron chi connectivity index (χ0n) is 17.6. The highest BCUT2D eigenvalue weighted by molar-refractivity contribution is 6.05. The Morgan fingerprint density at radius 2 is 1.69 bits per heavy atom. The summed E-state index contributed by atoms with van der Waals surface area (Å²) in [5, 5.41) is 3.27. The topological polar surface area (TPSA) is 61.4 Å². The van der Waals surface area contributed by atoms with Crippen molar-refractivity contribution in [2.45, 2.75) is 20.8 Å². The number of aromatic nitrogens is 2. The van der Waals surface area contributed by atoms with Gasteiger partial charge in [0.25, 0.3) is 5.91 Å². The van der Waals surface area contributed by atoms with E-state index >= 15 is 0 Å². The lowest BCUT2D eigenvalue weighted by atomic mass is 10.2. The van der Waals surface area contributed by atoms with Gasteiger partial charge in [-0.05, 0) is 62.7 Å². The molecule has 0 saturated heterocycles. The number of hydrogen-bond acceptors (Lipinski definition) is 5. The average Bonchev–Trinajstić information content (AvgIpc) is 2.68. The number of nitrogens with zero attached hydrogens (tertiary/aromatic N) is 4. The zero-order chi connectivity index (χ0) is 21.0. The highest BCUT2D eigenvalue weighted by Crippen LogP contribution is 2.22. The highest BCUT2D eigenvalue weighted by Gasteiger charge is 2.19. The molecule has 1 heterocycles. The number of anilines is 4. The zero-order valence-corrected chi connectivity index (χ0v) is 17.6. The van der Waals surface area contributed by atoms with E-state index in [1.165, 1.54) is 0 Å². The molecule has 1 aromatic heterocycles. The van der Waals surface area contributed by atoms with Crippen LogP contribution in [-0.4, -0.2) is 36.5 Å². The normalized spacial score (nSPS) is 10.5. The quantitative estimate of drug-likeness (QED) is 0.669. The number of amides is 1. The molecule has 0 atom stereocenters. The van der Waals surface area contributed by atoms with E-state index in [1.807, 2.05) is 81.4 Å². The average molecular weight is 390 g/mol. The van der Waals surface area contributed by atoms with Crippen molar-refractivity contribution in [2.75, 3.05) is 35.8 Å². The summed E-state index contributed by atoms with van der Waals surface area (Å²) < 4.78 is 0. The summed E-state index contributed by atoms with van der Waals surface area (Å²) in [5.41, 5.74) is 4.35. The van der Waals surface area contributed by atoms with Crippen molar-refractivity contribution in [2.24, 2.45) is 0 Å². The molecule has 2 aromatic carbocycles. The number of hydrogen-bond donors (Lipinski definition) is 1. The summed E-state index contributed by atoms with van der Waals surface area (Å²) in [4.78, 5) is 25.8. The molecule has 0 aliphatic heterocycles. The van der Waals surface area contributed by atoms with Gasteiger partial charge >= 0.3 is 0 Å². The SMILES string of the molecule is CCN(C(=O)c1cc(Nc2ccc(N(C)C)cc2)nc(C)n1)c1cccc(C)c1. The van der Waals surface area contributed by atoms with Gasteiger partial charge in [-0.2, -0.15) is 0 Å². The maximum atomic E-state index is 13.2. The van der Waals surface area contributed by atoms with Crippen LogP contribution in [0.3, 0.4) is 0 Å². The molecule has 6 heteroatoms. The van der Waals surface area contributed by atoms with Crippen LogP contribution in [0.15, 0.2) is 54.6 Å². The third-order valence-electron chi connectivity index (χ3n) is 4.59. The second-order valence-corrected chi connectivity index (χ2v) is 7.14. The van der Waals surface area contributed by atoms with Crippen molar-refractivity contribution in [1.29, 1.82) is 0 Å². The Kier molecular flexibility index (Phi) is 6.12. The van der Waals surface area contributed by atoms with Crippen molar-refractivity contribution in [3.63, 3.8) is 0 Å². The summed E-state index contributed by atoms with van der Waals surface area (Å²) in [6, 6.07) is 17.6. The molecule has 0 spiro atoms. The molecule has 0 aliphatic carbocycles. The molecule has 0 aliphatic rings. The molecular weight excluding hydrogens is 362 g/mol. The molecule has 29 heavy (non-hydrogen) atoms. The van der Waals surface area contributed by atoms with Crippen molar-refractivity contribution in [3.05, 3.63) is 71.7 Å². The molecule has 0 fully saturated rings. The van der Waals surface area contributed by atoms with Gasteiger partial charge in [0.2, 0.25) is 0 Å². The van der Waals surface area contributed by atoms with E-state index in [0.717, 1.165) is 22.6 Å². The Morgan fingerprint density at radius 3 is 2.31 bits per heavy atom. The van der Waals surface area contributed by atoms with Crippen molar-refractivity contribution in [3.8, 4) is 0 Å². The fraction of sp³-hybridized carbons (Fsp3) is 0.261. The second-order valence-electron chi connectivity index (χ2n) is 7.14. The van der Waals surface area contributed by atoms with Crippen LogP contribution in [0, 0.1) is 13.8 Å². The monoisotopic (exact) mass is 389 g/mol. The predicted molar refractivity (Wildman–Crippen MR) is 119 cm³/mol.